The number of hydrogen-bond acceptors (Lipinski definition) is 3. The van der Waals surface area contributed by atoms with Gasteiger partial charge in [0.2, 0.25) is 0 Å². The van der Waals surface area contributed by atoms with Gasteiger partial charge in [-0.3, -0.25) is 4.57 Å². The lowest BCUT2D eigenvalue weighted by atomic mass is 10.0. The average Bonchev–Trinajstić information content (AvgIpc) is 2.81. The topological polar surface area (TPSA) is 50.1 Å². The van der Waals surface area contributed by atoms with Gasteiger partial charge in [-0.05, 0) is 32.4 Å². The lowest BCUT2D eigenvalue weighted by molar-refractivity contribution is 0.0554. The first-order chi connectivity index (χ1) is 9.53. The molecule has 1 atom stereocenters. The van der Waals surface area contributed by atoms with Gasteiger partial charge in [-0.2, -0.15) is 0 Å². The second-order valence-corrected chi connectivity index (χ2v) is 5.42. The van der Waals surface area contributed by atoms with Crippen LogP contribution in [0.1, 0.15) is 31.8 Å². The summed E-state index contributed by atoms with van der Waals surface area (Å²) in [5.41, 5.74) is 1.55. The van der Waals surface area contributed by atoms with E-state index in [2.05, 4.69) is 27.0 Å². The van der Waals surface area contributed by atoms with Gasteiger partial charge in [-0.1, -0.05) is 25.1 Å². The van der Waals surface area contributed by atoms with Crippen molar-refractivity contribution < 1.29 is 5.11 Å². The van der Waals surface area contributed by atoms with Crippen LogP contribution in [0, 0.1) is 6.92 Å². The summed E-state index contributed by atoms with van der Waals surface area (Å²) in [6, 6.07) is 10.2. The van der Waals surface area contributed by atoms with Gasteiger partial charge in [-0.25, -0.2) is 4.98 Å². The van der Waals surface area contributed by atoms with E-state index in [1.165, 1.54) is 0 Å². The van der Waals surface area contributed by atoms with Crippen molar-refractivity contribution >= 4 is 0 Å². The summed E-state index contributed by atoms with van der Waals surface area (Å²) in [7, 11) is 0. The van der Waals surface area contributed by atoms with Gasteiger partial charge < -0.3 is 10.4 Å². The van der Waals surface area contributed by atoms with Crippen LogP contribution in [0.3, 0.4) is 0 Å². The largest absolute Gasteiger partial charge is 0.389 e. The van der Waals surface area contributed by atoms with Gasteiger partial charge in [0.05, 0.1) is 17.5 Å². The monoisotopic (exact) mass is 273 g/mol. The highest BCUT2D eigenvalue weighted by atomic mass is 16.3. The van der Waals surface area contributed by atoms with E-state index in [0.717, 1.165) is 23.6 Å². The van der Waals surface area contributed by atoms with Crippen LogP contribution in [0.2, 0.25) is 0 Å². The van der Waals surface area contributed by atoms with Crippen LogP contribution in [0.25, 0.3) is 5.69 Å². The number of benzene rings is 1. The Hall–Kier alpha value is -1.65. The number of aromatic nitrogens is 2. The average molecular weight is 273 g/mol. The van der Waals surface area contributed by atoms with Crippen LogP contribution in [0.15, 0.2) is 36.5 Å². The number of para-hydroxylation sites is 1. The Balaban J connectivity index is 2.11. The summed E-state index contributed by atoms with van der Waals surface area (Å²) in [5.74, 6) is 0.968. The molecule has 0 fully saturated rings. The van der Waals surface area contributed by atoms with Crippen LogP contribution in [0.5, 0.6) is 0 Å². The second kappa shape index (κ2) is 6.20. The highest BCUT2D eigenvalue weighted by Crippen LogP contribution is 2.14. The number of nitrogens with zero attached hydrogens (tertiary/aromatic N) is 2. The Morgan fingerprint density at radius 3 is 2.65 bits per heavy atom. The summed E-state index contributed by atoms with van der Waals surface area (Å²) >= 11 is 0. The first-order valence-electron chi connectivity index (χ1n) is 7.05. The smallest absolute Gasteiger partial charge is 0.110 e. The van der Waals surface area contributed by atoms with E-state index in [-0.39, 0.29) is 0 Å². The number of aliphatic hydroxyl groups is 1. The molecule has 1 heterocycles. The van der Waals surface area contributed by atoms with Gasteiger partial charge in [0, 0.05) is 18.8 Å². The zero-order valence-corrected chi connectivity index (χ0v) is 12.4. The molecule has 1 unspecified atom stereocenters. The molecule has 0 aliphatic rings. The van der Waals surface area contributed by atoms with Crippen LogP contribution in [-0.2, 0) is 6.54 Å². The molecule has 108 valence electrons. The van der Waals surface area contributed by atoms with Gasteiger partial charge in [-0.15, -0.1) is 0 Å². The third-order valence-electron chi connectivity index (χ3n) is 3.60. The van der Waals surface area contributed by atoms with E-state index in [4.69, 9.17) is 0 Å². The van der Waals surface area contributed by atoms with E-state index < -0.39 is 5.60 Å². The number of rotatable bonds is 6. The van der Waals surface area contributed by atoms with Crippen molar-refractivity contribution in [1.29, 1.82) is 0 Å². The molecule has 4 heteroatoms. The fourth-order valence-corrected chi connectivity index (χ4v) is 2.13. The van der Waals surface area contributed by atoms with E-state index >= 15 is 0 Å². The molecule has 0 amide bonds. The normalized spacial score (nSPS) is 14.2. The van der Waals surface area contributed by atoms with E-state index in [1.807, 2.05) is 45.2 Å². The molecule has 0 bridgehead atoms. The number of hydrogen-bond donors (Lipinski definition) is 2. The fraction of sp³-hybridized carbons (Fsp3) is 0.438. The molecular formula is C16H23N3O. The third-order valence-corrected chi connectivity index (χ3v) is 3.60. The molecule has 20 heavy (non-hydrogen) atoms. The van der Waals surface area contributed by atoms with Crippen molar-refractivity contribution in [3.05, 3.63) is 48.0 Å². The standard InChI is InChI=1S/C16H23N3O/c1-4-16(3,20)12-17-10-15-11-18-13(2)19(15)14-8-6-5-7-9-14/h5-9,11,17,20H,4,10,12H2,1-3H3. The van der Waals surface area contributed by atoms with Crippen molar-refractivity contribution in [1.82, 2.24) is 14.9 Å². The predicted octanol–water partition coefficient (Wildman–Crippen LogP) is 2.43. The van der Waals surface area contributed by atoms with Crippen molar-refractivity contribution in [2.24, 2.45) is 0 Å². The van der Waals surface area contributed by atoms with Crippen molar-refractivity contribution in [2.75, 3.05) is 6.54 Å². The number of nitrogens with one attached hydrogen (secondary N) is 1. The first-order valence-corrected chi connectivity index (χ1v) is 7.05. The maximum Gasteiger partial charge on any atom is 0.110 e. The van der Waals surface area contributed by atoms with E-state index in [9.17, 15) is 5.11 Å². The van der Waals surface area contributed by atoms with E-state index in [0.29, 0.717) is 13.1 Å². The van der Waals surface area contributed by atoms with Gasteiger partial charge >= 0.3 is 0 Å². The molecule has 0 aliphatic carbocycles. The third kappa shape index (κ3) is 3.46. The zero-order chi connectivity index (χ0) is 14.6. The minimum absolute atomic E-state index is 0.572. The minimum atomic E-state index is -0.660. The Morgan fingerprint density at radius 2 is 2.00 bits per heavy atom. The Labute approximate surface area is 120 Å². The molecule has 1 aromatic carbocycles. The highest BCUT2D eigenvalue weighted by molar-refractivity contribution is 5.35. The molecule has 0 spiro atoms. The molecule has 1 aromatic heterocycles. The van der Waals surface area contributed by atoms with Crippen LogP contribution >= 0.6 is 0 Å². The molecule has 0 saturated heterocycles. The van der Waals surface area contributed by atoms with Crippen molar-refractivity contribution in [3.63, 3.8) is 0 Å². The quantitative estimate of drug-likeness (QED) is 0.850. The lowest BCUT2D eigenvalue weighted by Gasteiger charge is -2.21. The summed E-state index contributed by atoms with van der Waals surface area (Å²) in [6.45, 7) is 7.09. The van der Waals surface area contributed by atoms with Crippen LogP contribution < -0.4 is 5.32 Å². The Kier molecular flexibility index (Phi) is 4.57. The second-order valence-electron chi connectivity index (χ2n) is 5.42. The Morgan fingerprint density at radius 1 is 1.30 bits per heavy atom. The summed E-state index contributed by atoms with van der Waals surface area (Å²) < 4.78 is 2.13. The fourth-order valence-electron chi connectivity index (χ4n) is 2.13. The number of aryl methyl sites for hydroxylation is 1. The molecule has 0 radical (unpaired) electrons. The summed E-state index contributed by atoms with van der Waals surface area (Å²) in [4.78, 5) is 4.39. The summed E-state index contributed by atoms with van der Waals surface area (Å²) in [5, 5.41) is 13.3. The Bertz CT molecular complexity index is 546. The maximum atomic E-state index is 10.0. The molecule has 2 rings (SSSR count). The molecule has 2 N–H and O–H groups in total. The SMILES string of the molecule is CCC(C)(O)CNCc1cnc(C)n1-c1ccccc1. The molecule has 0 aliphatic heterocycles. The molecular weight excluding hydrogens is 250 g/mol. The summed E-state index contributed by atoms with van der Waals surface area (Å²) in [6.07, 6.45) is 2.62. The van der Waals surface area contributed by atoms with Crippen LogP contribution in [-0.4, -0.2) is 26.8 Å². The number of imidazole rings is 1. The predicted molar refractivity (Wildman–Crippen MR) is 80.9 cm³/mol. The molecule has 2 aromatic rings. The zero-order valence-electron chi connectivity index (χ0n) is 12.4. The van der Waals surface area contributed by atoms with Gasteiger partial charge in [0.25, 0.3) is 0 Å². The molecule has 0 saturated carbocycles. The van der Waals surface area contributed by atoms with Gasteiger partial charge in [0.1, 0.15) is 5.82 Å². The highest BCUT2D eigenvalue weighted by Gasteiger charge is 2.17. The van der Waals surface area contributed by atoms with Gasteiger partial charge in [0.15, 0.2) is 0 Å². The minimum Gasteiger partial charge on any atom is -0.389 e. The van der Waals surface area contributed by atoms with Crippen molar-refractivity contribution in [2.45, 2.75) is 39.3 Å². The van der Waals surface area contributed by atoms with Crippen LogP contribution in [0.4, 0.5) is 0 Å². The maximum absolute atomic E-state index is 10.0. The van der Waals surface area contributed by atoms with E-state index in [1.54, 1.807) is 0 Å². The molecule has 4 nitrogen and oxygen atoms in total. The lowest BCUT2D eigenvalue weighted by Crippen LogP contribution is -2.37. The first kappa shape index (κ1) is 14.8. The van der Waals surface area contributed by atoms with Crippen molar-refractivity contribution in [3.8, 4) is 5.69 Å².